The van der Waals surface area contributed by atoms with Crippen molar-refractivity contribution in [2.24, 2.45) is 11.1 Å². The van der Waals surface area contributed by atoms with E-state index in [1.807, 2.05) is 0 Å². The van der Waals surface area contributed by atoms with E-state index in [2.05, 4.69) is 5.32 Å². The molecule has 0 heterocycles. The second-order valence-corrected chi connectivity index (χ2v) is 4.05. The van der Waals surface area contributed by atoms with E-state index < -0.39 is 5.41 Å². The fraction of sp³-hybridized carbons (Fsp3) is 0.364. The highest BCUT2D eigenvalue weighted by atomic mass is 19.1. The van der Waals surface area contributed by atoms with Gasteiger partial charge in [-0.05, 0) is 32.0 Å². The molecule has 1 aromatic rings. The van der Waals surface area contributed by atoms with Gasteiger partial charge < -0.3 is 11.1 Å². The Hall–Kier alpha value is -1.42. The van der Waals surface area contributed by atoms with Gasteiger partial charge in [0, 0.05) is 12.2 Å². The predicted molar refractivity (Wildman–Crippen MR) is 57.9 cm³/mol. The molecule has 3 nitrogen and oxygen atoms in total. The van der Waals surface area contributed by atoms with Gasteiger partial charge in [-0.15, -0.1) is 0 Å². The van der Waals surface area contributed by atoms with Crippen LogP contribution in [0.15, 0.2) is 24.3 Å². The van der Waals surface area contributed by atoms with Crippen LogP contribution in [0.2, 0.25) is 0 Å². The minimum absolute atomic E-state index is 0.212. The molecule has 82 valence electrons. The quantitative estimate of drug-likeness (QED) is 0.798. The van der Waals surface area contributed by atoms with Gasteiger partial charge in [0.1, 0.15) is 5.82 Å². The molecular weight excluding hydrogens is 195 g/mol. The Kier molecular flexibility index (Phi) is 3.42. The van der Waals surface area contributed by atoms with E-state index in [0.29, 0.717) is 5.69 Å². The van der Waals surface area contributed by atoms with Crippen molar-refractivity contribution in [3.8, 4) is 0 Å². The van der Waals surface area contributed by atoms with E-state index in [4.69, 9.17) is 5.73 Å². The van der Waals surface area contributed by atoms with E-state index in [1.54, 1.807) is 26.0 Å². The average molecular weight is 210 g/mol. The minimum Gasteiger partial charge on any atom is -0.329 e. The van der Waals surface area contributed by atoms with Crippen LogP contribution in [0.1, 0.15) is 13.8 Å². The lowest BCUT2D eigenvalue weighted by molar-refractivity contribution is -0.123. The zero-order chi connectivity index (χ0) is 11.5. The van der Waals surface area contributed by atoms with Crippen molar-refractivity contribution in [1.82, 2.24) is 0 Å². The maximum Gasteiger partial charge on any atom is 0.231 e. The van der Waals surface area contributed by atoms with Gasteiger partial charge in [0.25, 0.3) is 0 Å². The van der Waals surface area contributed by atoms with Crippen LogP contribution in [0.3, 0.4) is 0 Å². The summed E-state index contributed by atoms with van der Waals surface area (Å²) in [5.41, 5.74) is 5.26. The van der Waals surface area contributed by atoms with Crippen molar-refractivity contribution >= 4 is 11.6 Å². The monoisotopic (exact) mass is 210 g/mol. The molecule has 1 amide bonds. The molecule has 0 radical (unpaired) electrons. The Labute approximate surface area is 88.5 Å². The molecule has 0 saturated carbocycles. The van der Waals surface area contributed by atoms with Crippen molar-refractivity contribution in [3.63, 3.8) is 0 Å². The number of amides is 1. The summed E-state index contributed by atoms with van der Waals surface area (Å²) in [7, 11) is 0. The number of nitrogens with one attached hydrogen (secondary N) is 1. The maximum atomic E-state index is 12.8. The second kappa shape index (κ2) is 4.40. The summed E-state index contributed by atoms with van der Waals surface area (Å²) in [6.07, 6.45) is 0. The molecule has 0 atom stereocenters. The van der Waals surface area contributed by atoms with E-state index in [1.165, 1.54) is 12.1 Å². The summed E-state index contributed by atoms with van der Waals surface area (Å²) in [4.78, 5) is 11.7. The van der Waals surface area contributed by atoms with Crippen molar-refractivity contribution in [2.45, 2.75) is 13.8 Å². The lowest BCUT2D eigenvalue weighted by Crippen LogP contribution is -2.37. The summed E-state index contributed by atoms with van der Waals surface area (Å²) < 4.78 is 12.8. The number of carbonyl (C=O) groups is 1. The molecule has 0 saturated heterocycles. The third-order valence-electron chi connectivity index (χ3n) is 2.21. The van der Waals surface area contributed by atoms with Gasteiger partial charge in [0.2, 0.25) is 5.91 Å². The third-order valence-corrected chi connectivity index (χ3v) is 2.21. The Morgan fingerprint density at radius 1 is 1.53 bits per heavy atom. The van der Waals surface area contributed by atoms with E-state index in [9.17, 15) is 9.18 Å². The van der Waals surface area contributed by atoms with Crippen LogP contribution in [0.4, 0.5) is 10.1 Å². The van der Waals surface area contributed by atoms with Crippen LogP contribution < -0.4 is 11.1 Å². The molecule has 1 aromatic carbocycles. The third kappa shape index (κ3) is 3.02. The number of anilines is 1. The lowest BCUT2D eigenvalue weighted by atomic mass is 9.92. The van der Waals surface area contributed by atoms with Crippen LogP contribution in [0, 0.1) is 11.2 Å². The number of halogens is 1. The van der Waals surface area contributed by atoms with E-state index in [-0.39, 0.29) is 18.3 Å². The topological polar surface area (TPSA) is 55.1 Å². The summed E-state index contributed by atoms with van der Waals surface area (Å²) in [6, 6.07) is 5.77. The summed E-state index contributed by atoms with van der Waals surface area (Å²) in [5.74, 6) is -0.589. The summed E-state index contributed by atoms with van der Waals surface area (Å²) in [6.45, 7) is 3.72. The number of hydrogen-bond acceptors (Lipinski definition) is 2. The first kappa shape index (κ1) is 11.7. The number of rotatable bonds is 3. The zero-order valence-corrected chi connectivity index (χ0v) is 8.88. The van der Waals surface area contributed by atoms with Crippen molar-refractivity contribution < 1.29 is 9.18 Å². The van der Waals surface area contributed by atoms with Crippen LogP contribution in [-0.2, 0) is 4.79 Å². The average Bonchev–Trinajstić information content (AvgIpc) is 2.17. The van der Waals surface area contributed by atoms with Crippen LogP contribution in [0.25, 0.3) is 0 Å². The van der Waals surface area contributed by atoms with E-state index >= 15 is 0 Å². The maximum absolute atomic E-state index is 12.8. The summed E-state index contributed by atoms with van der Waals surface area (Å²) in [5, 5.41) is 2.62. The molecule has 0 spiro atoms. The Balaban J connectivity index is 2.75. The van der Waals surface area contributed by atoms with Crippen LogP contribution in [-0.4, -0.2) is 12.5 Å². The molecule has 0 aliphatic heterocycles. The zero-order valence-electron chi connectivity index (χ0n) is 8.88. The second-order valence-electron chi connectivity index (χ2n) is 4.05. The molecule has 0 unspecified atom stereocenters. The molecule has 0 fully saturated rings. The highest BCUT2D eigenvalue weighted by Crippen LogP contribution is 2.17. The molecule has 1 rings (SSSR count). The van der Waals surface area contributed by atoms with Gasteiger partial charge in [-0.25, -0.2) is 4.39 Å². The number of benzene rings is 1. The van der Waals surface area contributed by atoms with Gasteiger partial charge in [-0.2, -0.15) is 0 Å². The smallest absolute Gasteiger partial charge is 0.231 e. The number of nitrogens with two attached hydrogens (primary N) is 1. The summed E-state index contributed by atoms with van der Waals surface area (Å²) >= 11 is 0. The molecule has 0 aliphatic carbocycles. The molecule has 0 aromatic heterocycles. The molecule has 0 bridgehead atoms. The highest BCUT2D eigenvalue weighted by molar-refractivity contribution is 5.94. The molecule has 0 aliphatic rings. The van der Waals surface area contributed by atoms with Crippen molar-refractivity contribution in [3.05, 3.63) is 30.1 Å². The normalized spacial score (nSPS) is 11.2. The first-order valence-corrected chi connectivity index (χ1v) is 4.73. The largest absolute Gasteiger partial charge is 0.329 e. The fourth-order valence-corrected chi connectivity index (χ4v) is 0.959. The first-order chi connectivity index (χ1) is 6.95. The highest BCUT2D eigenvalue weighted by Gasteiger charge is 2.25. The SMILES string of the molecule is CC(C)(CN)C(=O)Nc1cccc(F)c1. The predicted octanol–water partition coefficient (Wildman–Crippen LogP) is 1.75. The number of hydrogen-bond donors (Lipinski definition) is 2. The van der Waals surface area contributed by atoms with Crippen LogP contribution in [0.5, 0.6) is 0 Å². The van der Waals surface area contributed by atoms with E-state index in [0.717, 1.165) is 0 Å². The van der Waals surface area contributed by atoms with Gasteiger partial charge in [0.15, 0.2) is 0 Å². The molecule has 15 heavy (non-hydrogen) atoms. The molecule has 4 heteroatoms. The minimum atomic E-state index is -0.647. The van der Waals surface area contributed by atoms with Crippen molar-refractivity contribution in [1.29, 1.82) is 0 Å². The van der Waals surface area contributed by atoms with Crippen LogP contribution >= 0.6 is 0 Å². The fourth-order valence-electron chi connectivity index (χ4n) is 0.959. The lowest BCUT2D eigenvalue weighted by Gasteiger charge is -2.21. The Bertz CT molecular complexity index is 363. The van der Waals surface area contributed by atoms with Gasteiger partial charge in [0.05, 0.1) is 5.41 Å². The Morgan fingerprint density at radius 2 is 2.20 bits per heavy atom. The first-order valence-electron chi connectivity index (χ1n) is 4.73. The molecular formula is C11H15FN2O. The van der Waals surface area contributed by atoms with Gasteiger partial charge in [-0.1, -0.05) is 6.07 Å². The molecule has 3 N–H and O–H groups in total. The van der Waals surface area contributed by atoms with Gasteiger partial charge in [-0.3, -0.25) is 4.79 Å². The standard InChI is InChI=1S/C11H15FN2O/c1-11(2,7-13)10(15)14-9-5-3-4-8(12)6-9/h3-6H,7,13H2,1-2H3,(H,14,15). The van der Waals surface area contributed by atoms with Gasteiger partial charge >= 0.3 is 0 Å². The Morgan fingerprint density at radius 3 is 2.73 bits per heavy atom. The van der Waals surface area contributed by atoms with Crippen molar-refractivity contribution in [2.75, 3.05) is 11.9 Å². The number of carbonyl (C=O) groups excluding carboxylic acids is 1.